The molecule has 0 aliphatic carbocycles. The van der Waals surface area contributed by atoms with Crippen LogP contribution in [0.4, 0.5) is 5.82 Å². The van der Waals surface area contributed by atoms with Crippen molar-refractivity contribution in [3.8, 4) is 0 Å². The Kier molecular flexibility index (Phi) is 4.44. The molecule has 0 saturated carbocycles. The summed E-state index contributed by atoms with van der Waals surface area (Å²) in [5, 5.41) is 2.66. The highest BCUT2D eigenvalue weighted by Crippen LogP contribution is 2.26. The minimum absolute atomic E-state index is 0.0161. The van der Waals surface area contributed by atoms with Gasteiger partial charge in [-0.25, -0.2) is 4.98 Å². The number of nitrogens with zero attached hydrogens (tertiary/aromatic N) is 2. The highest BCUT2D eigenvalue weighted by Gasteiger charge is 2.35. The van der Waals surface area contributed by atoms with Crippen molar-refractivity contribution >= 4 is 39.5 Å². The zero-order valence-corrected chi connectivity index (χ0v) is 14.5. The van der Waals surface area contributed by atoms with Gasteiger partial charge in [-0.2, -0.15) is 0 Å². The summed E-state index contributed by atoms with van der Waals surface area (Å²) >= 11 is 3.28. The lowest BCUT2D eigenvalue weighted by Gasteiger charge is -2.13. The van der Waals surface area contributed by atoms with Crippen LogP contribution in [0, 0.1) is 6.92 Å². The van der Waals surface area contributed by atoms with Gasteiger partial charge in [-0.3, -0.25) is 19.3 Å². The van der Waals surface area contributed by atoms with Crippen molar-refractivity contribution in [2.75, 3.05) is 11.9 Å². The first kappa shape index (κ1) is 16.3. The molecular weight excluding hydrogens is 374 g/mol. The summed E-state index contributed by atoms with van der Waals surface area (Å²) in [6.45, 7) is 1.93. The first-order valence-corrected chi connectivity index (χ1v) is 8.13. The maximum absolute atomic E-state index is 12.3. The van der Waals surface area contributed by atoms with Crippen molar-refractivity contribution in [1.82, 2.24) is 9.88 Å². The Morgan fingerprint density at radius 1 is 1.17 bits per heavy atom. The summed E-state index contributed by atoms with van der Waals surface area (Å²) in [6.07, 6.45) is 1.62. The first-order chi connectivity index (χ1) is 11.5. The van der Waals surface area contributed by atoms with Gasteiger partial charge in [0.25, 0.3) is 11.8 Å². The first-order valence-electron chi connectivity index (χ1n) is 7.34. The number of imide groups is 1. The molecule has 0 bridgehead atoms. The van der Waals surface area contributed by atoms with Gasteiger partial charge in [-0.05, 0) is 42.8 Å². The number of carbonyl (C=O) groups excluding carboxylic acids is 3. The molecule has 1 N–H and O–H groups in total. The zero-order valence-electron chi connectivity index (χ0n) is 12.9. The predicted octanol–water partition coefficient (Wildman–Crippen LogP) is 2.78. The lowest BCUT2D eigenvalue weighted by Crippen LogP contribution is -2.32. The smallest absolute Gasteiger partial charge is 0.261 e. The average Bonchev–Trinajstić information content (AvgIpc) is 2.76. The van der Waals surface area contributed by atoms with Crippen molar-refractivity contribution in [3.05, 3.63) is 57.7 Å². The van der Waals surface area contributed by atoms with E-state index in [4.69, 9.17) is 0 Å². The molecule has 1 aromatic carbocycles. The molecule has 0 atom stereocenters. The molecule has 7 heteroatoms. The highest BCUT2D eigenvalue weighted by atomic mass is 79.9. The van der Waals surface area contributed by atoms with Crippen molar-refractivity contribution < 1.29 is 14.4 Å². The predicted molar refractivity (Wildman–Crippen MR) is 91.7 cm³/mol. The zero-order chi connectivity index (χ0) is 17.3. The van der Waals surface area contributed by atoms with Crippen molar-refractivity contribution in [2.45, 2.75) is 13.3 Å². The fourth-order valence-electron chi connectivity index (χ4n) is 2.49. The number of halogens is 1. The molecule has 3 rings (SSSR count). The second kappa shape index (κ2) is 6.52. The number of aryl methyl sites for hydroxylation is 1. The second-order valence-electron chi connectivity index (χ2n) is 5.47. The lowest BCUT2D eigenvalue weighted by atomic mass is 10.1. The molecule has 3 amide bonds. The summed E-state index contributed by atoms with van der Waals surface area (Å²) in [6, 6.07) is 8.51. The van der Waals surface area contributed by atoms with E-state index in [2.05, 4.69) is 26.2 Å². The van der Waals surface area contributed by atoms with Crippen LogP contribution in [-0.4, -0.2) is 34.2 Å². The van der Waals surface area contributed by atoms with Crippen LogP contribution in [0.25, 0.3) is 0 Å². The molecule has 24 heavy (non-hydrogen) atoms. The molecule has 0 spiro atoms. The fourth-order valence-corrected chi connectivity index (χ4v) is 2.85. The van der Waals surface area contributed by atoms with E-state index in [0.29, 0.717) is 16.9 Å². The largest absolute Gasteiger partial charge is 0.311 e. The quantitative estimate of drug-likeness (QED) is 0.817. The van der Waals surface area contributed by atoms with Crippen molar-refractivity contribution in [2.24, 2.45) is 0 Å². The molecule has 0 radical (unpaired) electrons. The van der Waals surface area contributed by atoms with Crippen LogP contribution in [0.15, 0.2) is 41.0 Å². The molecular formula is C17H14BrN3O3. The number of nitrogens with one attached hydrogen (secondary N) is 1. The Bertz CT molecular complexity index is 851. The molecule has 1 aromatic heterocycles. The number of pyridine rings is 1. The fraction of sp³-hybridized carbons (Fsp3) is 0.176. The van der Waals surface area contributed by atoms with Crippen LogP contribution in [0.3, 0.4) is 0 Å². The second-order valence-corrected chi connectivity index (χ2v) is 6.38. The van der Waals surface area contributed by atoms with Gasteiger partial charge in [0.1, 0.15) is 5.82 Å². The normalized spacial score (nSPS) is 13.2. The Hall–Kier alpha value is -2.54. The molecule has 0 unspecified atom stereocenters. The molecule has 1 aliphatic heterocycles. The maximum Gasteiger partial charge on any atom is 0.261 e. The number of fused-ring (bicyclic) bond motifs is 1. The van der Waals surface area contributed by atoms with E-state index in [1.54, 1.807) is 30.5 Å². The third-order valence-electron chi connectivity index (χ3n) is 3.68. The highest BCUT2D eigenvalue weighted by molar-refractivity contribution is 9.10. The van der Waals surface area contributed by atoms with E-state index in [1.807, 2.05) is 13.0 Å². The van der Waals surface area contributed by atoms with Gasteiger partial charge in [0.15, 0.2) is 0 Å². The van der Waals surface area contributed by atoms with Crippen molar-refractivity contribution in [3.63, 3.8) is 0 Å². The topological polar surface area (TPSA) is 79.4 Å². The van der Waals surface area contributed by atoms with Crippen LogP contribution in [0.1, 0.15) is 32.7 Å². The number of carbonyl (C=O) groups is 3. The van der Waals surface area contributed by atoms with Gasteiger partial charge in [0, 0.05) is 23.6 Å². The monoisotopic (exact) mass is 387 g/mol. The van der Waals surface area contributed by atoms with Crippen LogP contribution >= 0.6 is 15.9 Å². The third-order valence-corrected chi connectivity index (χ3v) is 4.17. The summed E-state index contributed by atoms with van der Waals surface area (Å²) in [4.78, 5) is 41.8. The van der Waals surface area contributed by atoms with E-state index in [1.165, 1.54) is 0 Å². The van der Waals surface area contributed by atoms with Crippen LogP contribution in [0.2, 0.25) is 0 Å². The number of benzene rings is 1. The van der Waals surface area contributed by atoms with E-state index >= 15 is 0 Å². The van der Waals surface area contributed by atoms with Crippen LogP contribution in [-0.2, 0) is 4.79 Å². The Morgan fingerprint density at radius 2 is 1.92 bits per heavy atom. The number of amides is 3. The molecule has 6 nitrogen and oxygen atoms in total. The molecule has 0 fully saturated rings. The number of hydrogen-bond acceptors (Lipinski definition) is 4. The van der Waals surface area contributed by atoms with Gasteiger partial charge in [0.2, 0.25) is 5.91 Å². The summed E-state index contributed by atoms with van der Waals surface area (Å²) in [5.41, 5.74) is 1.70. The average molecular weight is 388 g/mol. The van der Waals surface area contributed by atoms with Crippen LogP contribution < -0.4 is 5.32 Å². The maximum atomic E-state index is 12.3. The molecule has 2 heterocycles. The standard InChI is InChI=1S/C17H14BrN3O3/c1-10-4-6-19-14(8-10)20-15(22)5-7-21-16(23)12-3-2-11(18)9-13(12)17(21)24/h2-4,6,8-9H,5,7H2,1H3,(H,19,20,22). The molecule has 122 valence electrons. The van der Waals surface area contributed by atoms with E-state index in [9.17, 15) is 14.4 Å². The Morgan fingerprint density at radius 3 is 2.67 bits per heavy atom. The third kappa shape index (κ3) is 3.21. The number of hydrogen-bond donors (Lipinski definition) is 1. The van der Waals surface area contributed by atoms with Gasteiger partial charge >= 0.3 is 0 Å². The van der Waals surface area contributed by atoms with Crippen LogP contribution in [0.5, 0.6) is 0 Å². The van der Waals surface area contributed by atoms with Gasteiger partial charge in [-0.1, -0.05) is 15.9 Å². The summed E-state index contributed by atoms with van der Waals surface area (Å²) < 4.78 is 0.729. The number of aromatic nitrogens is 1. The number of rotatable bonds is 4. The summed E-state index contributed by atoms with van der Waals surface area (Å²) in [5.74, 6) is -0.598. The van der Waals surface area contributed by atoms with Gasteiger partial charge in [-0.15, -0.1) is 0 Å². The van der Waals surface area contributed by atoms with Gasteiger partial charge in [0.05, 0.1) is 11.1 Å². The Balaban J connectivity index is 1.64. The number of anilines is 1. The minimum atomic E-state index is -0.377. The Labute approximate surface area is 147 Å². The molecule has 0 saturated heterocycles. The lowest BCUT2D eigenvalue weighted by molar-refractivity contribution is -0.116. The molecule has 1 aliphatic rings. The minimum Gasteiger partial charge on any atom is -0.311 e. The van der Waals surface area contributed by atoms with E-state index < -0.39 is 0 Å². The molecule has 2 aromatic rings. The van der Waals surface area contributed by atoms with Gasteiger partial charge < -0.3 is 5.32 Å². The summed E-state index contributed by atoms with van der Waals surface area (Å²) in [7, 11) is 0. The van der Waals surface area contributed by atoms with Crippen molar-refractivity contribution in [1.29, 1.82) is 0 Å². The van der Waals surface area contributed by atoms with E-state index in [0.717, 1.165) is 14.9 Å². The SMILES string of the molecule is Cc1ccnc(NC(=O)CCN2C(=O)c3ccc(Br)cc3C2=O)c1. The van der Waals surface area contributed by atoms with E-state index in [-0.39, 0.29) is 30.7 Å².